The lowest BCUT2D eigenvalue weighted by molar-refractivity contribution is -0.122. The molecule has 3 aromatic carbocycles. The van der Waals surface area contributed by atoms with Crippen LogP contribution in [0.3, 0.4) is 0 Å². The second kappa shape index (κ2) is 10.8. The van der Waals surface area contributed by atoms with Gasteiger partial charge in [0.15, 0.2) is 0 Å². The van der Waals surface area contributed by atoms with E-state index in [1.165, 1.54) is 6.08 Å². The summed E-state index contributed by atoms with van der Waals surface area (Å²) in [6, 6.07) is 18.1. The van der Waals surface area contributed by atoms with Gasteiger partial charge in [-0.15, -0.1) is 0 Å². The number of hydrogen-bond donors (Lipinski definition) is 1. The van der Waals surface area contributed by atoms with Crippen LogP contribution in [-0.2, 0) is 16.2 Å². The summed E-state index contributed by atoms with van der Waals surface area (Å²) in [7, 11) is 0. The van der Waals surface area contributed by atoms with Gasteiger partial charge < -0.3 is 9.47 Å². The van der Waals surface area contributed by atoms with Crippen LogP contribution in [0, 0.1) is 0 Å². The van der Waals surface area contributed by atoms with Crippen molar-refractivity contribution in [1.82, 2.24) is 5.32 Å². The first kappa shape index (κ1) is 24.5. The Hall–Kier alpha value is -3.62. The van der Waals surface area contributed by atoms with E-state index in [1.54, 1.807) is 42.5 Å². The van der Waals surface area contributed by atoms with Crippen molar-refractivity contribution in [2.24, 2.45) is 0 Å². The molecule has 3 aromatic rings. The first-order valence-corrected chi connectivity index (χ1v) is 11.8. The zero-order valence-corrected chi connectivity index (χ0v) is 20.9. The number of urea groups is 1. The fourth-order valence-corrected chi connectivity index (χ4v) is 3.86. The molecule has 1 fully saturated rings. The third-order valence-corrected chi connectivity index (χ3v) is 5.85. The normalized spacial score (nSPS) is 14.8. The van der Waals surface area contributed by atoms with Gasteiger partial charge in [-0.1, -0.05) is 39.7 Å². The molecule has 1 heterocycles. The summed E-state index contributed by atoms with van der Waals surface area (Å²) < 4.78 is 12.3. The fraction of sp³-hybridized carbons (Fsp3) is 0.115. The zero-order chi connectivity index (χ0) is 24.9. The van der Waals surface area contributed by atoms with Gasteiger partial charge in [0.25, 0.3) is 11.8 Å². The van der Waals surface area contributed by atoms with Gasteiger partial charge in [-0.3, -0.25) is 14.9 Å². The van der Waals surface area contributed by atoms with Crippen molar-refractivity contribution >= 4 is 57.1 Å². The molecule has 1 aliphatic rings. The van der Waals surface area contributed by atoms with E-state index in [9.17, 15) is 14.4 Å². The van der Waals surface area contributed by atoms with Crippen molar-refractivity contribution in [1.29, 1.82) is 0 Å². The van der Waals surface area contributed by atoms with Crippen molar-refractivity contribution in [3.8, 4) is 11.5 Å². The molecule has 0 saturated carbocycles. The third kappa shape index (κ3) is 5.72. The molecule has 4 rings (SSSR count). The first-order chi connectivity index (χ1) is 16.9. The van der Waals surface area contributed by atoms with Gasteiger partial charge in [-0.25, -0.2) is 9.69 Å². The molecule has 178 valence electrons. The van der Waals surface area contributed by atoms with Crippen LogP contribution in [0.2, 0.25) is 5.02 Å². The van der Waals surface area contributed by atoms with E-state index < -0.39 is 17.8 Å². The summed E-state index contributed by atoms with van der Waals surface area (Å²) in [6.07, 6.45) is 1.37. The number of halogens is 2. The van der Waals surface area contributed by atoms with Gasteiger partial charge in [-0.2, -0.15) is 0 Å². The molecule has 1 saturated heterocycles. The van der Waals surface area contributed by atoms with E-state index >= 15 is 0 Å². The van der Waals surface area contributed by atoms with Gasteiger partial charge in [-0.05, 0) is 73.2 Å². The number of nitrogens with one attached hydrogen (secondary N) is 1. The number of carbonyl (C=O) groups excluding carboxylic acids is 3. The fourth-order valence-electron chi connectivity index (χ4n) is 3.41. The highest BCUT2D eigenvalue weighted by atomic mass is 79.9. The van der Waals surface area contributed by atoms with Crippen LogP contribution in [0.15, 0.2) is 76.8 Å². The van der Waals surface area contributed by atoms with Crippen molar-refractivity contribution in [2.75, 3.05) is 11.5 Å². The Morgan fingerprint density at radius 2 is 1.69 bits per heavy atom. The molecule has 7 nitrogen and oxygen atoms in total. The lowest BCUT2D eigenvalue weighted by Gasteiger charge is -2.26. The molecule has 1 aliphatic heterocycles. The first-order valence-electron chi connectivity index (χ1n) is 10.7. The van der Waals surface area contributed by atoms with E-state index in [0.717, 1.165) is 14.9 Å². The molecule has 0 radical (unpaired) electrons. The Morgan fingerprint density at radius 3 is 2.37 bits per heavy atom. The highest BCUT2D eigenvalue weighted by Gasteiger charge is 2.37. The standard InChI is InChI=1S/C26H20BrClN2O5/c1-2-34-21-10-8-20(9-11-21)30-25(32)22(24(31)29-26(30)33)14-17-13-19(28)7-12-23(17)35-15-16-3-5-18(27)6-4-16/h3-14H,2,15H2,1H3,(H,29,31,33)/b22-14+. The summed E-state index contributed by atoms with van der Waals surface area (Å²) in [5.41, 5.74) is 1.43. The number of hydrogen-bond acceptors (Lipinski definition) is 5. The van der Waals surface area contributed by atoms with Crippen LogP contribution in [-0.4, -0.2) is 24.5 Å². The Kier molecular flexibility index (Phi) is 7.53. The minimum Gasteiger partial charge on any atom is -0.494 e. The maximum Gasteiger partial charge on any atom is 0.335 e. The van der Waals surface area contributed by atoms with Gasteiger partial charge >= 0.3 is 6.03 Å². The molecule has 0 atom stereocenters. The van der Waals surface area contributed by atoms with Crippen LogP contribution < -0.4 is 19.7 Å². The number of benzene rings is 3. The zero-order valence-electron chi connectivity index (χ0n) is 18.6. The molecule has 1 N–H and O–H groups in total. The van der Waals surface area contributed by atoms with E-state index in [1.807, 2.05) is 31.2 Å². The quantitative estimate of drug-likeness (QED) is 0.297. The van der Waals surface area contributed by atoms with E-state index in [-0.39, 0.29) is 12.2 Å². The van der Waals surface area contributed by atoms with Crippen LogP contribution in [0.5, 0.6) is 11.5 Å². The highest BCUT2D eigenvalue weighted by molar-refractivity contribution is 9.10. The maximum atomic E-state index is 13.2. The van der Waals surface area contributed by atoms with Gasteiger partial charge in [0, 0.05) is 15.1 Å². The monoisotopic (exact) mass is 554 g/mol. The number of carbonyl (C=O) groups is 3. The average Bonchev–Trinajstić information content (AvgIpc) is 2.83. The number of imide groups is 2. The van der Waals surface area contributed by atoms with Crippen molar-refractivity contribution in [3.63, 3.8) is 0 Å². The number of anilines is 1. The Labute approximate surface area is 215 Å². The summed E-state index contributed by atoms with van der Waals surface area (Å²) in [6.45, 7) is 2.60. The van der Waals surface area contributed by atoms with Crippen LogP contribution in [0.4, 0.5) is 10.5 Å². The van der Waals surface area contributed by atoms with Crippen LogP contribution in [0.25, 0.3) is 6.08 Å². The molecule has 35 heavy (non-hydrogen) atoms. The molecule has 0 unspecified atom stereocenters. The van der Waals surface area contributed by atoms with Crippen molar-refractivity contribution < 1.29 is 23.9 Å². The Morgan fingerprint density at radius 1 is 0.971 bits per heavy atom. The molecule has 0 aromatic heterocycles. The van der Waals surface area contributed by atoms with Crippen LogP contribution in [0.1, 0.15) is 18.1 Å². The highest BCUT2D eigenvalue weighted by Crippen LogP contribution is 2.29. The smallest absolute Gasteiger partial charge is 0.335 e. The number of nitrogens with zero attached hydrogens (tertiary/aromatic N) is 1. The molecule has 0 spiro atoms. The van der Waals surface area contributed by atoms with Crippen molar-refractivity contribution in [2.45, 2.75) is 13.5 Å². The second-order valence-electron chi connectivity index (χ2n) is 7.48. The number of rotatable bonds is 7. The average molecular weight is 556 g/mol. The summed E-state index contributed by atoms with van der Waals surface area (Å²) in [5.74, 6) is -0.544. The number of amides is 4. The Bertz CT molecular complexity index is 1310. The number of ether oxygens (including phenoxy) is 2. The topological polar surface area (TPSA) is 84.9 Å². The summed E-state index contributed by atoms with van der Waals surface area (Å²) in [5, 5.41) is 2.61. The van der Waals surface area contributed by atoms with E-state index in [2.05, 4.69) is 21.2 Å². The lowest BCUT2D eigenvalue weighted by atomic mass is 10.1. The van der Waals surface area contributed by atoms with E-state index in [0.29, 0.717) is 34.4 Å². The van der Waals surface area contributed by atoms with Crippen LogP contribution >= 0.6 is 27.5 Å². The number of barbiturate groups is 1. The van der Waals surface area contributed by atoms with Gasteiger partial charge in [0.05, 0.1) is 12.3 Å². The van der Waals surface area contributed by atoms with Gasteiger partial charge in [0.1, 0.15) is 23.7 Å². The molecular weight excluding hydrogens is 536 g/mol. The minimum absolute atomic E-state index is 0.228. The Balaban J connectivity index is 1.63. The predicted molar refractivity (Wildman–Crippen MR) is 137 cm³/mol. The predicted octanol–water partition coefficient (Wildman–Crippen LogP) is 5.75. The van der Waals surface area contributed by atoms with E-state index in [4.69, 9.17) is 21.1 Å². The SMILES string of the molecule is CCOc1ccc(N2C(=O)NC(=O)/C(=C\c3cc(Cl)ccc3OCc3ccc(Br)cc3)C2=O)cc1. The molecule has 4 amide bonds. The molecular formula is C26H20BrClN2O5. The lowest BCUT2D eigenvalue weighted by Crippen LogP contribution is -2.54. The third-order valence-electron chi connectivity index (χ3n) is 5.09. The minimum atomic E-state index is -0.834. The summed E-state index contributed by atoms with van der Waals surface area (Å²) in [4.78, 5) is 39.2. The second-order valence-corrected chi connectivity index (χ2v) is 8.83. The van der Waals surface area contributed by atoms with Crippen molar-refractivity contribution in [3.05, 3.63) is 92.9 Å². The molecule has 0 bridgehead atoms. The molecule has 0 aliphatic carbocycles. The molecule has 9 heteroatoms. The largest absolute Gasteiger partial charge is 0.494 e. The summed E-state index contributed by atoms with van der Waals surface area (Å²) >= 11 is 9.57. The van der Waals surface area contributed by atoms with Gasteiger partial charge in [0.2, 0.25) is 0 Å². The maximum absolute atomic E-state index is 13.2.